The van der Waals surface area contributed by atoms with Gasteiger partial charge >= 0.3 is 0 Å². The van der Waals surface area contributed by atoms with Gasteiger partial charge in [-0.2, -0.15) is 0 Å². The molecule has 8 heteroatoms. The van der Waals surface area contributed by atoms with Gasteiger partial charge in [-0.3, -0.25) is 24.1 Å². The zero-order valence-electron chi connectivity index (χ0n) is 18.8. The number of para-hydroxylation sites is 1. The van der Waals surface area contributed by atoms with Crippen molar-refractivity contribution < 1.29 is 19.2 Å². The third kappa shape index (κ3) is 4.74. The quantitative estimate of drug-likeness (QED) is 0.618. The summed E-state index contributed by atoms with van der Waals surface area (Å²) in [6.07, 6.45) is 1.47. The summed E-state index contributed by atoms with van der Waals surface area (Å²) >= 11 is 0. The maximum atomic E-state index is 13.4. The Morgan fingerprint density at radius 3 is 2.52 bits per heavy atom. The van der Waals surface area contributed by atoms with Crippen LogP contribution < -0.4 is 20.9 Å². The Hall–Kier alpha value is -3.68. The monoisotopic (exact) mass is 448 g/mol. The minimum absolute atomic E-state index is 0.288. The van der Waals surface area contributed by atoms with E-state index in [4.69, 9.17) is 0 Å². The topological polar surface area (TPSA) is 108 Å². The van der Waals surface area contributed by atoms with E-state index in [0.29, 0.717) is 25.8 Å². The maximum absolute atomic E-state index is 13.4. The Kier molecular flexibility index (Phi) is 6.44. The lowest BCUT2D eigenvalue weighted by Gasteiger charge is -2.28. The van der Waals surface area contributed by atoms with Crippen molar-refractivity contribution >= 4 is 29.3 Å². The van der Waals surface area contributed by atoms with E-state index in [9.17, 15) is 19.2 Å². The molecular formula is C25H28N4O4. The molecule has 2 aromatic rings. The molecule has 172 valence electrons. The maximum Gasteiger partial charge on any atom is 0.250 e. The molecule has 0 spiro atoms. The van der Waals surface area contributed by atoms with Crippen LogP contribution in [-0.2, 0) is 38.6 Å². The van der Waals surface area contributed by atoms with Crippen LogP contribution in [0.2, 0.25) is 0 Å². The molecule has 0 bridgehead atoms. The van der Waals surface area contributed by atoms with Gasteiger partial charge in [0.05, 0.1) is 5.69 Å². The lowest BCUT2D eigenvalue weighted by atomic mass is 10.0. The van der Waals surface area contributed by atoms with E-state index in [1.165, 1.54) is 11.8 Å². The van der Waals surface area contributed by atoms with Crippen LogP contribution in [0.5, 0.6) is 0 Å². The molecule has 0 unspecified atom stereocenters. The molecule has 2 aliphatic rings. The number of benzene rings is 2. The molecule has 2 aromatic carbocycles. The minimum atomic E-state index is -0.771. The number of aryl methyl sites for hydroxylation is 1. The van der Waals surface area contributed by atoms with Gasteiger partial charge in [-0.25, -0.2) is 0 Å². The van der Waals surface area contributed by atoms with Gasteiger partial charge in [0, 0.05) is 19.9 Å². The van der Waals surface area contributed by atoms with Crippen molar-refractivity contribution in [3.8, 4) is 0 Å². The van der Waals surface area contributed by atoms with E-state index in [0.717, 1.165) is 22.4 Å². The largest absolute Gasteiger partial charge is 0.350 e. The molecule has 33 heavy (non-hydrogen) atoms. The molecule has 4 amide bonds. The third-order valence-electron chi connectivity index (χ3n) is 6.15. The van der Waals surface area contributed by atoms with Crippen LogP contribution in [0.4, 0.5) is 5.69 Å². The average Bonchev–Trinajstić information content (AvgIpc) is 3.14. The number of rotatable bonds is 6. The molecule has 0 radical (unpaired) electrons. The summed E-state index contributed by atoms with van der Waals surface area (Å²) in [5, 5.41) is 8.31. The Morgan fingerprint density at radius 2 is 1.79 bits per heavy atom. The summed E-state index contributed by atoms with van der Waals surface area (Å²) in [7, 11) is 0. The van der Waals surface area contributed by atoms with Crippen molar-refractivity contribution in [1.82, 2.24) is 16.0 Å². The van der Waals surface area contributed by atoms with E-state index in [1.54, 1.807) is 6.92 Å². The van der Waals surface area contributed by atoms with Crippen LogP contribution in [0, 0.1) is 0 Å². The number of carbonyl (C=O) groups excluding carboxylic acids is 4. The van der Waals surface area contributed by atoms with Gasteiger partial charge in [0.2, 0.25) is 23.6 Å². The molecule has 3 N–H and O–H groups in total. The van der Waals surface area contributed by atoms with Crippen molar-refractivity contribution in [2.75, 3.05) is 4.90 Å². The fourth-order valence-corrected chi connectivity index (χ4v) is 4.53. The van der Waals surface area contributed by atoms with Crippen molar-refractivity contribution in [1.29, 1.82) is 0 Å². The van der Waals surface area contributed by atoms with E-state index < -0.39 is 24.0 Å². The summed E-state index contributed by atoms with van der Waals surface area (Å²) in [5.74, 6) is -1.28. The van der Waals surface area contributed by atoms with Gasteiger partial charge in [-0.15, -0.1) is 0 Å². The third-order valence-corrected chi connectivity index (χ3v) is 6.15. The zero-order valence-corrected chi connectivity index (χ0v) is 18.8. The van der Waals surface area contributed by atoms with Gasteiger partial charge in [-0.05, 0) is 36.5 Å². The molecule has 0 aliphatic carbocycles. The highest BCUT2D eigenvalue weighted by Gasteiger charge is 2.44. The van der Waals surface area contributed by atoms with E-state index >= 15 is 0 Å². The predicted molar refractivity (Wildman–Crippen MR) is 123 cm³/mol. The highest BCUT2D eigenvalue weighted by Crippen LogP contribution is 2.39. The summed E-state index contributed by atoms with van der Waals surface area (Å²) in [6, 6.07) is 13.1. The van der Waals surface area contributed by atoms with Crippen molar-refractivity contribution in [2.24, 2.45) is 0 Å². The first-order valence-corrected chi connectivity index (χ1v) is 11.2. The Morgan fingerprint density at radius 1 is 1.06 bits per heavy atom. The van der Waals surface area contributed by atoms with Crippen LogP contribution in [0.3, 0.4) is 0 Å². The van der Waals surface area contributed by atoms with E-state index in [1.807, 2.05) is 48.5 Å². The summed E-state index contributed by atoms with van der Waals surface area (Å²) < 4.78 is 0. The lowest BCUT2D eigenvalue weighted by Crippen LogP contribution is -2.56. The van der Waals surface area contributed by atoms with Crippen molar-refractivity contribution in [3.05, 3.63) is 65.2 Å². The predicted octanol–water partition coefficient (Wildman–Crippen LogP) is 1.22. The fourth-order valence-electron chi connectivity index (χ4n) is 4.53. The van der Waals surface area contributed by atoms with Gasteiger partial charge in [0.1, 0.15) is 18.1 Å². The molecule has 2 heterocycles. The Bertz CT molecular complexity index is 1090. The second-order valence-electron chi connectivity index (χ2n) is 8.58. The van der Waals surface area contributed by atoms with Crippen LogP contribution in [0.25, 0.3) is 0 Å². The van der Waals surface area contributed by atoms with Crippen LogP contribution in [0.1, 0.15) is 37.0 Å². The molecule has 0 saturated heterocycles. The molecule has 8 nitrogen and oxygen atoms in total. The number of hydrogen-bond donors (Lipinski definition) is 3. The number of carbonyl (C=O) groups is 4. The van der Waals surface area contributed by atoms with Crippen molar-refractivity contribution in [3.63, 3.8) is 0 Å². The van der Waals surface area contributed by atoms with Crippen LogP contribution in [0.15, 0.2) is 48.5 Å². The molecule has 3 atom stereocenters. The number of hydrogen-bond acceptors (Lipinski definition) is 4. The van der Waals surface area contributed by atoms with E-state index in [2.05, 4.69) is 16.0 Å². The van der Waals surface area contributed by atoms with E-state index in [-0.39, 0.29) is 17.7 Å². The minimum Gasteiger partial charge on any atom is -0.350 e. The molecule has 4 rings (SSSR count). The van der Waals surface area contributed by atoms with Gasteiger partial charge in [0.25, 0.3) is 0 Å². The first kappa shape index (κ1) is 22.5. The van der Waals surface area contributed by atoms with Gasteiger partial charge in [-0.1, -0.05) is 48.5 Å². The van der Waals surface area contributed by atoms with Gasteiger partial charge in [0.15, 0.2) is 0 Å². The van der Waals surface area contributed by atoms with Gasteiger partial charge < -0.3 is 16.0 Å². The zero-order chi connectivity index (χ0) is 23.5. The number of anilines is 1. The normalized spacial score (nSPS) is 19.8. The smallest absolute Gasteiger partial charge is 0.250 e. The average molecular weight is 449 g/mol. The summed E-state index contributed by atoms with van der Waals surface area (Å²) in [5.41, 5.74) is 3.63. The molecule has 0 saturated carbocycles. The number of amides is 4. The SMILES string of the molecule is CC(=O)N[C@H]1CCc2cccc3c2N(C1=O)[C@H](C(=O)N[C@@H](C)C(=O)NCc1ccccc1)C3. The molecule has 0 aromatic heterocycles. The lowest BCUT2D eigenvalue weighted by molar-refractivity contribution is -0.131. The summed E-state index contributed by atoms with van der Waals surface area (Å²) in [4.78, 5) is 52.3. The first-order valence-electron chi connectivity index (χ1n) is 11.2. The van der Waals surface area contributed by atoms with Crippen molar-refractivity contribution in [2.45, 2.75) is 57.8 Å². The fraction of sp³-hybridized carbons (Fsp3) is 0.360. The summed E-state index contributed by atoms with van der Waals surface area (Å²) in [6.45, 7) is 3.36. The second kappa shape index (κ2) is 9.44. The van der Waals surface area contributed by atoms with Crippen LogP contribution >= 0.6 is 0 Å². The Labute approximate surface area is 192 Å². The molecule has 0 fully saturated rings. The first-order chi connectivity index (χ1) is 15.8. The second-order valence-corrected chi connectivity index (χ2v) is 8.58. The Balaban J connectivity index is 1.48. The number of nitrogens with zero attached hydrogens (tertiary/aromatic N) is 1. The standard InChI is InChI=1S/C25H28N4O4/c1-15(23(31)26-14-17-7-4-3-5-8-17)27-24(32)21-13-19-10-6-9-18-11-12-20(28-16(2)30)25(33)29(21)22(18)19/h3-10,15,20-21H,11-14H2,1-2H3,(H,26,31)(H,27,32)(H,28,30)/t15-,20-,21-/m0/s1. The molecular weight excluding hydrogens is 420 g/mol. The number of nitrogens with one attached hydrogen (secondary N) is 3. The highest BCUT2D eigenvalue weighted by atomic mass is 16.2. The molecule has 2 aliphatic heterocycles. The van der Waals surface area contributed by atoms with Crippen LogP contribution in [-0.4, -0.2) is 41.8 Å². The highest BCUT2D eigenvalue weighted by molar-refractivity contribution is 6.08.